The molecule has 0 bridgehead atoms. The second kappa shape index (κ2) is 7.89. The summed E-state index contributed by atoms with van der Waals surface area (Å²) in [7, 11) is 0. The number of aromatic amines is 1. The number of benzene rings is 1. The van der Waals surface area contributed by atoms with E-state index in [2.05, 4.69) is 10.2 Å². The molecule has 1 saturated carbocycles. The molecule has 2 aromatic heterocycles. The molecule has 0 spiro atoms. The van der Waals surface area contributed by atoms with Crippen LogP contribution in [0, 0.1) is 11.3 Å². The Morgan fingerprint density at radius 3 is 2.43 bits per heavy atom. The van der Waals surface area contributed by atoms with Gasteiger partial charge >= 0.3 is 5.69 Å². The standard InChI is InChI=1S/C19H14Cl2N6O3/c20-14-7-12(27-19(30)23-18(29)16(9-22)25-27)8-15(21)13(14)6-10-4-5-17(28)26(24-10)11-2-1-3-11/h4-5,7-8,11H,1-3,6H2,(H,23,29,30). The minimum Gasteiger partial charge on any atom is -0.270 e. The Hall–Kier alpha value is -3.22. The number of H-pyrrole nitrogens is 1. The molecule has 1 aliphatic carbocycles. The van der Waals surface area contributed by atoms with Crippen molar-refractivity contribution < 1.29 is 0 Å². The smallest absolute Gasteiger partial charge is 0.270 e. The highest BCUT2D eigenvalue weighted by Gasteiger charge is 2.22. The lowest BCUT2D eigenvalue weighted by Crippen LogP contribution is -2.33. The number of rotatable bonds is 4. The maximum atomic E-state index is 12.1. The molecule has 9 nitrogen and oxygen atoms in total. The largest absolute Gasteiger partial charge is 0.349 e. The van der Waals surface area contributed by atoms with Gasteiger partial charge in [-0.1, -0.05) is 23.2 Å². The van der Waals surface area contributed by atoms with Crippen molar-refractivity contribution in [2.24, 2.45) is 0 Å². The SMILES string of the molecule is N#Cc1nn(-c2cc(Cl)c(Cc3ccc(=O)n(C4CCC4)n3)c(Cl)c2)c(=O)[nH]c1=O. The van der Waals surface area contributed by atoms with Crippen LogP contribution in [0.1, 0.15) is 42.3 Å². The summed E-state index contributed by atoms with van der Waals surface area (Å²) in [5.41, 5.74) is -0.927. The fourth-order valence-electron chi connectivity index (χ4n) is 3.16. The number of nitrogens with zero attached hydrogens (tertiary/aromatic N) is 5. The third-order valence-electron chi connectivity index (χ3n) is 4.96. The van der Waals surface area contributed by atoms with Crippen molar-refractivity contribution in [2.45, 2.75) is 31.7 Å². The van der Waals surface area contributed by atoms with Crippen LogP contribution in [0.2, 0.25) is 10.0 Å². The van der Waals surface area contributed by atoms with Crippen LogP contribution in [0.15, 0.2) is 38.6 Å². The number of aromatic nitrogens is 5. The van der Waals surface area contributed by atoms with Gasteiger partial charge in [-0.3, -0.25) is 14.6 Å². The Kier molecular flexibility index (Phi) is 5.28. The molecule has 1 aliphatic rings. The zero-order chi connectivity index (χ0) is 21.4. The Morgan fingerprint density at radius 1 is 1.13 bits per heavy atom. The molecule has 0 atom stereocenters. The van der Waals surface area contributed by atoms with Crippen molar-refractivity contribution in [1.82, 2.24) is 24.5 Å². The predicted molar refractivity (Wildman–Crippen MR) is 109 cm³/mol. The van der Waals surface area contributed by atoms with Crippen LogP contribution in [0.5, 0.6) is 0 Å². The number of nitriles is 1. The summed E-state index contributed by atoms with van der Waals surface area (Å²) in [6.45, 7) is 0. The minimum absolute atomic E-state index is 0.123. The molecule has 1 N–H and O–H groups in total. The van der Waals surface area contributed by atoms with E-state index in [4.69, 9.17) is 28.5 Å². The van der Waals surface area contributed by atoms with Crippen molar-refractivity contribution in [3.63, 3.8) is 0 Å². The van der Waals surface area contributed by atoms with Gasteiger partial charge in [0.1, 0.15) is 6.07 Å². The molecule has 30 heavy (non-hydrogen) atoms. The van der Waals surface area contributed by atoms with E-state index in [9.17, 15) is 14.4 Å². The Bertz CT molecular complexity index is 1340. The number of hydrogen-bond donors (Lipinski definition) is 1. The Morgan fingerprint density at radius 2 is 1.83 bits per heavy atom. The summed E-state index contributed by atoms with van der Waals surface area (Å²) in [4.78, 5) is 37.7. The van der Waals surface area contributed by atoms with E-state index >= 15 is 0 Å². The van der Waals surface area contributed by atoms with Crippen LogP contribution < -0.4 is 16.8 Å². The predicted octanol–water partition coefficient (Wildman–Crippen LogP) is 1.97. The molecule has 2 heterocycles. The first-order chi connectivity index (χ1) is 14.4. The van der Waals surface area contributed by atoms with Crippen molar-refractivity contribution in [1.29, 1.82) is 5.26 Å². The van der Waals surface area contributed by atoms with Gasteiger partial charge in [0.15, 0.2) is 0 Å². The lowest BCUT2D eigenvalue weighted by molar-refractivity contribution is 0.276. The third kappa shape index (κ3) is 3.67. The highest BCUT2D eigenvalue weighted by molar-refractivity contribution is 6.36. The van der Waals surface area contributed by atoms with E-state index in [-0.39, 0.29) is 33.8 Å². The maximum Gasteiger partial charge on any atom is 0.349 e. The fourth-order valence-corrected chi connectivity index (χ4v) is 3.77. The van der Waals surface area contributed by atoms with E-state index in [0.29, 0.717) is 11.3 Å². The summed E-state index contributed by atoms with van der Waals surface area (Å²) < 4.78 is 2.35. The molecule has 4 rings (SSSR count). The van der Waals surface area contributed by atoms with E-state index < -0.39 is 16.9 Å². The van der Waals surface area contributed by atoms with E-state index in [1.54, 1.807) is 12.1 Å². The normalized spacial score (nSPS) is 13.6. The summed E-state index contributed by atoms with van der Waals surface area (Å²) >= 11 is 12.8. The van der Waals surface area contributed by atoms with Crippen LogP contribution >= 0.6 is 23.2 Å². The minimum atomic E-state index is -0.875. The Labute approximate surface area is 179 Å². The summed E-state index contributed by atoms with van der Waals surface area (Å²) in [5, 5.41) is 17.7. The molecule has 1 fully saturated rings. The van der Waals surface area contributed by atoms with Crippen LogP contribution in [0.3, 0.4) is 0 Å². The molecular weight excluding hydrogens is 431 g/mol. The lowest BCUT2D eigenvalue weighted by atomic mass is 9.93. The quantitative estimate of drug-likeness (QED) is 0.655. The van der Waals surface area contributed by atoms with Crippen molar-refractivity contribution >= 4 is 23.2 Å². The molecule has 152 valence electrons. The molecule has 3 aromatic rings. The van der Waals surface area contributed by atoms with Crippen molar-refractivity contribution in [3.05, 3.63) is 82.5 Å². The second-order valence-electron chi connectivity index (χ2n) is 6.89. The van der Waals surface area contributed by atoms with Gasteiger partial charge in [-0.2, -0.15) is 15.0 Å². The molecule has 0 saturated heterocycles. The molecule has 0 aliphatic heterocycles. The number of halogens is 2. The zero-order valence-electron chi connectivity index (χ0n) is 15.4. The van der Waals surface area contributed by atoms with Crippen molar-refractivity contribution in [2.75, 3.05) is 0 Å². The van der Waals surface area contributed by atoms with Gasteiger partial charge in [-0.25, -0.2) is 9.48 Å². The molecule has 0 radical (unpaired) electrons. The van der Waals surface area contributed by atoms with Crippen LogP contribution in [0.4, 0.5) is 0 Å². The summed E-state index contributed by atoms with van der Waals surface area (Å²) in [6, 6.07) is 7.76. The second-order valence-corrected chi connectivity index (χ2v) is 7.70. The van der Waals surface area contributed by atoms with Crippen LogP contribution in [0.25, 0.3) is 5.69 Å². The lowest BCUT2D eigenvalue weighted by Gasteiger charge is -2.26. The molecule has 0 amide bonds. The molecule has 11 heteroatoms. The Balaban J connectivity index is 1.71. The van der Waals surface area contributed by atoms with Gasteiger partial charge in [0.2, 0.25) is 5.69 Å². The summed E-state index contributed by atoms with van der Waals surface area (Å²) in [6.07, 6.45) is 3.21. The topological polar surface area (TPSA) is 126 Å². The van der Waals surface area contributed by atoms with E-state index in [0.717, 1.165) is 23.9 Å². The molecular formula is C19H14Cl2N6O3. The van der Waals surface area contributed by atoms with Gasteiger partial charge in [0, 0.05) is 22.5 Å². The van der Waals surface area contributed by atoms with Crippen LogP contribution in [-0.4, -0.2) is 24.5 Å². The zero-order valence-corrected chi connectivity index (χ0v) is 16.9. The van der Waals surface area contributed by atoms with Gasteiger partial charge < -0.3 is 0 Å². The molecule has 1 aromatic carbocycles. The van der Waals surface area contributed by atoms with Gasteiger partial charge in [-0.05, 0) is 43.0 Å². The first kappa shape index (κ1) is 20.1. The van der Waals surface area contributed by atoms with E-state index in [1.165, 1.54) is 22.9 Å². The van der Waals surface area contributed by atoms with Gasteiger partial charge in [0.25, 0.3) is 11.1 Å². The average Bonchev–Trinajstić information content (AvgIpc) is 2.65. The third-order valence-corrected chi connectivity index (χ3v) is 5.64. The van der Waals surface area contributed by atoms with E-state index in [1.807, 2.05) is 4.98 Å². The monoisotopic (exact) mass is 444 g/mol. The number of nitrogens with one attached hydrogen (secondary N) is 1. The highest BCUT2D eigenvalue weighted by atomic mass is 35.5. The number of hydrogen-bond acceptors (Lipinski definition) is 6. The summed E-state index contributed by atoms with van der Waals surface area (Å²) in [5.74, 6) is 0. The van der Waals surface area contributed by atoms with Crippen LogP contribution in [-0.2, 0) is 6.42 Å². The first-order valence-corrected chi connectivity index (χ1v) is 9.84. The first-order valence-electron chi connectivity index (χ1n) is 9.08. The van der Waals surface area contributed by atoms with Gasteiger partial charge in [0.05, 0.1) is 17.4 Å². The average molecular weight is 445 g/mol. The molecule has 0 unspecified atom stereocenters. The fraction of sp³-hybridized carbons (Fsp3) is 0.263. The van der Waals surface area contributed by atoms with Gasteiger partial charge in [-0.15, -0.1) is 5.10 Å². The maximum absolute atomic E-state index is 12.1. The highest BCUT2D eigenvalue weighted by Crippen LogP contribution is 2.31. The van der Waals surface area contributed by atoms with Crippen molar-refractivity contribution in [3.8, 4) is 11.8 Å².